The lowest BCUT2D eigenvalue weighted by molar-refractivity contribution is -0.117. The summed E-state index contributed by atoms with van der Waals surface area (Å²) < 4.78 is 5.32. The third kappa shape index (κ3) is 2.96. The molecule has 1 unspecified atom stereocenters. The molecule has 1 heterocycles. The van der Waals surface area contributed by atoms with Crippen molar-refractivity contribution in [1.82, 2.24) is 5.32 Å². The van der Waals surface area contributed by atoms with Crippen molar-refractivity contribution in [2.75, 3.05) is 13.7 Å². The van der Waals surface area contributed by atoms with E-state index in [0.29, 0.717) is 24.6 Å². The van der Waals surface area contributed by atoms with Crippen LogP contribution in [0.25, 0.3) is 5.57 Å². The number of rotatable bonds is 3. The topological polar surface area (TPSA) is 70.9 Å². The van der Waals surface area contributed by atoms with Crippen LogP contribution in [-0.2, 0) is 11.2 Å². The molecule has 0 bridgehead atoms. The maximum atomic E-state index is 12.5. The van der Waals surface area contributed by atoms with Crippen molar-refractivity contribution in [3.8, 4) is 5.75 Å². The van der Waals surface area contributed by atoms with Gasteiger partial charge in [0.2, 0.25) is 5.91 Å². The van der Waals surface area contributed by atoms with E-state index in [0.717, 1.165) is 41.7 Å². The SMILES string of the molecule is COc1ccc2c(c1)CCC1CCNC(=O)C(CC(C)=NO)=C21. The minimum atomic E-state index is -0.0471. The summed E-state index contributed by atoms with van der Waals surface area (Å²) >= 11 is 0. The lowest BCUT2D eigenvalue weighted by Gasteiger charge is -2.28. The zero-order chi connectivity index (χ0) is 16.4. The molecule has 1 aliphatic heterocycles. The van der Waals surface area contributed by atoms with Gasteiger partial charge in [-0.1, -0.05) is 11.2 Å². The number of nitrogens with zero attached hydrogens (tertiary/aromatic N) is 1. The average Bonchev–Trinajstić information content (AvgIpc) is 2.73. The lowest BCUT2D eigenvalue weighted by atomic mass is 9.75. The van der Waals surface area contributed by atoms with Crippen molar-refractivity contribution in [1.29, 1.82) is 0 Å². The number of fused-ring (bicyclic) bond motifs is 3. The van der Waals surface area contributed by atoms with Gasteiger partial charge in [-0.2, -0.15) is 0 Å². The molecule has 0 radical (unpaired) electrons. The van der Waals surface area contributed by atoms with Gasteiger partial charge >= 0.3 is 0 Å². The van der Waals surface area contributed by atoms with Gasteiger partial charge in [0.05, 0.1) is 12.8 Å². The Kier molecular flexibility index (Phi) is 4.37. The van der Waals surface area contributed by atoms with Crippen LogP contribution in [0.3, 0.4) is 0 Å². The average molecular weight is 314 g/mol. The van der Waals surface area contributed by atoms with Crippen LogP contribution in [0.4, 0.5) is 0 Å². The van der Waals surface area contributed by atoms with Crippen LogP contribution >= 0.6 is 0 Å². The molecule has 122 valence electrons. The van der Waals surface area contributed by atoms with Gasteiger partial charge in [0.1, 0.15) is 5.75 Å². The van der Waals surface area contributed by atoms with Gasteiger partial charge in [-0.3, -0.25) is 4.79 Å². The van der Waals surface area contributed by atoms with E-state index in [4.69, 9.17) is 9.94 Å². The normalized spacial score (nSPS) is 21.2. The highest BCUT2D eigenvalue weighted by Crippen LogP contribution is 2.42. The molecule has 2 aliphatic rings. The van der Waals surface area contributed by atoms with Crippen LogP contribution < -0.4 is 10.1 Å². The Balaban J connectivity index is 2.15. The molecule has 5 heteroatoms. The first kappa shape index (κ1) is 15.6. The fourth-order valence-corrected chi connectivity index (χ4v) is 3.61. The molecule has 1 atom stereocenters. The Morgan fingerprint density at radius 2 is 2.26 bits per heavy atom. The summed E-state index contributed by atoms with van der Waals surface area (Å²) in [6, 6.07) is 6.06. The number of amides is 1. The first-order valence-electron chi connectivity index (χ1n) is 8.00. The van der Waals surface area contributed by atoms with Crippen LogP contribution in [-0.4, -0.2) is 30.5 Å². The van der Waals surface area contributed by atoms with Gasteiger partial charge in [-0.25, -0.2) is 0 Å². The number of ether oxygens (including phenoxy) is 1. The minimum Gasteiger partial charge on any atom is -0.497 e. The van der Waals surface area contributed by atoms with Crippen LogP contribution in [0.5, 0.6) is 5.75 Å². The van der Waals surface area contributed by atoms with Gasteiger partial charge in [-0.05, 0) is 60.9 Å². The van der Waals surface area contributed by atoms with Crippen LogP contribution in [0.15, 0.2) is 28.9 Å². The minimum absolute atomic E-state index is 0.0471. The summed E-state index contributed by atoms with van der Waals surface area (Å²) in [4.78, 5) is 12.5. The van der Waals surface area contributed by atoms with Crippen molar-refractivity contribution in [2.45, 2.75) is 32.6 Å². The third-order valence-corrected chi connectivity index (χ3v) is 4.75. The second kappa shape index (κ2) is 6.44. The predicted molar refractivity (Wildman–Crippen MR) is 88.9 cm³/mol. The smallest absolute Gasteiger partial charge is 0.247 e. The van der Waals surface area contributed by atoms with E-state index in [1.54, 1.807) is 14.0 Å². The molecular weight excluding hydrogens is 292 g/mol. The van der Waals surface area contributed by atoms with Gasteiger partial charge in [0.25, 0.3) is 0 Å². The number of allylic oxidation sites excluding steroid dienone is 1. The summed E-state index contributed by atoms with van der Waals surface area (Å²) in [5.74, 6) is 1.17. The number of benzene rings is 1. The molecule has 1 amide bonds. The van der Waals surface area contributed by atoms with E-state index in [-0.39, 0.29) is 5.91 Å². The molecule has 3 rings (SSSR count). The Labute approximate surface area is 136 Å². The third-order valence-electron chi connectivity index (χ3n) is 4.75. The molecule has 0 aromatic heterocycles. The van der Waals surface area contributed by atoms with E-state index in [9.17, 15) is 4.79 Å². The summed E-state index contributed by atoms with van der Waals surface area (Å²) in [5.41, 5.74) is 4.76. The summed E-state index contributed by atoms with van der Waals surface area (Å²) in [6.45, 7) is 2.43. The summed E-state index contributed by atoms with van der Waals surface area (Å²) in [6.07, 6.45) is 3.35. The van der Waals surface area contributed by atoms with Crippen LogP contribution in [0.2, 0.25) is 0 Å². The maximum absolute atomic E-state index is 12.5. The number of methoxy groups -OCH3 is 1. The van der Waals surface area contributed by atoms with Gasteiger partial charge < -0.3 is 15.3 Å². The Bertz CT molecular complexity index is 692. The van der Waals surface area contributed by atoms with Crippen LogP contribution in [0.1, 0.15) is 37.3 Å². The fraction of sp³-hybridized carbons (Fsp3) is 0.444. The highest BCUT2D eigenvalue weighted by molar-refractivity contribution is 6.07. The number of hydrogen-bond donors (Lipinski definition) is 2. The number of nitrogens with one attached hydrogen (secondary N) is 1. The van der Waals surface area contributed by atoms with Crippen molar-refractivity contribution >= 4 is 17.2 Å². The number of hydrogen-bond acceptors (Lipinski definition) is 4. The van der Waals surface area contributed by atoms with Crippen molar-refractivity contribution < 1.29 is 14.7 Å². The maximum Gasteiger partial charge on any atom is 0.247 e. The molecular formula is C18H22N2O3. The number of oxime groups is 1. The van der Waals surface area contributed by atoms with E-state index in [2.05, 4.69) is 22.6 Å². The molecule has 0 saturated carbocycles. The first-order valence-corrected chi connectivity index (χ1v) is 8.00. The van der Waals surface area contributed by atoms with Gasteiger partial charge in [0, 0.05) is 18.5 Å². The zero-order valence-corrected chi connectivity index (χ0v) is 13.6. The van der Waals surface area contributed by atoms with Crippen molar-refractivity contribution in [3.05, 3.63) is 34.9 Å². The molecule has 0 spiro atoms. The monoisotopic (exact) mass is 314 g/mol. The molecule has 1 aromatic carbocycles. The molecule has 0 saturated heterocycles. The number of carbonyl (C=O) groups is 1. The molecule has 23 heavy (non-hydrogen) atoms. The number of aryl methyl sites for hydroxylation is 1. The van der Waals surface area contributed by atoms with Crippen molar-refractivity contribution in [2.24, 2.45) is 11.1 Å². The largest absolute Gasteiger partial charge is 0.497 e. The summed E-state index contributed by atoms with van der Waals surface area (Å²) in [5, 5.41) is 15.2. The summed E-state index contributed by atoms with van der Waals surface area (Å²) in [7, 11) is 1.66. The Morgan fingerprint density at radius 1 is 1.43 bits per heavy atom. The zero-order valence-electron chi connectivity index (χ0n) is 13.6. The predicted octanol–water partition coefficient (Wildman–Crippen LogP) is 2.77. The molecule has 1 aromatic rings. The van der Waals surface area contributed by atoms with Gasteiger partial charge in [-0.15, -0.1) is 0 Å². The molecule has 5 nitrogen and oxygen atoms in total. The van der Waals surface area contributed by atoms with E-state index in [1.807, 2.05) is 6.07 Å². The molecule has 2 N–H and O–H groups in total. The highest BCUT2D eigenvalue weighted by Gasteiger charge is 2.31. The van der Waals surface area contributed by atoms with Gasteiger partial charge in [0.15, 0.2) is 0 Å². The quantitative estimate of drug-likeness (QED) is 0.512. The fourth-order valence-electron chi connectivity index (χ4n) is 3.61. The molecule has 0 fully saturated rings. The van der Waals surface area contributed by atoms with Crippen LogP contribution in [0, 0.1) is 5.92 Å². The van der Waals surface area contributed by atoms with Crippen molar-refractivity contribution in [3.63, 3.8) is 0 Å². The Morgan fingerprint density at radius 3 is 3.00 bits per heavy atom. The lowest BCUT2D eigenvalue weighted by Crippen LogP contribution is -2.25. The first-order chi connectivity index (χ1) is 11.1. The Hall–Kier alpha value is -2.30. The highest BCUT2D eigenvalue weighted by atomic mass is 16.5. The van der Waals surface area contributed by atoms with E-state index >= 15 is 0 Å². The standard InChI is InChI=1S/C18H22N2O3/c1-11(20-22)9-16-17-12(7-8-19-18(16)21)3-4-13-10-14(23-2)5-6-15(13)17/h5-6,10,12,22H,3-4,7-9H2,1-2H3,(H,19,21). The number of carbonyl (C=O) groups excluding carboxylic acids is 1. The molecule has 1 aliphatic carbocycles. The van der Waals surface area contributed by atoms with E-state index in [1.165, 1.54) is 5.56 Å². The second-order valence-electron chi connectivity index (χ2n) is 6.21. The van der Waals surface area contributed by atoms with E-state index < -0.39 is 0 Å². The second-order valence-corrected chi connectivity index (χ2v) is 6.21.